The molecular weight excluding hydrogens is 418 g/mol. The Balaban J connectivity index is 1.63. The molecule has 31 heavy (non-hydrogen) atoms. The van der Waals surface area contributed by atoms with E-state index in [1.54, 1.807) is 17.0 Å². The van der Waals surface area contributed by atoms with Crippen LogP contribution in [0.4, 0.5) is 4.79 Å². The molecule has 1 aliphatic carbocycles. The largest absolute Gasteiger partial charge is 0.490 e. The fourth-order valence-electron chi connectivity index (χ4n) is 4.25. The number of benzene rings is 1. The van der Waals surface area contributed by atoms with Crippen molar-refractivity contribution in [2.75, 3.05) is 39.4 Å². The molecular formula is C22H35N3O5S. The fraction of sp³-hybridized carbons (Fsp3) is 0.682. The predicted molar refractivity (Wildman–Crippen MR) is 119 cm³/mol. The molecule has 1 heterocycles. The number of sulfonamides is 1. The van der Waals surface area contributed by atoms with Crippen LogP contribution in [-0.4, -0.2) is 69.1 Å². The Hall–Kier alpha value is -2.00. The minimum Gasteiger partial charge on any atom is -0.490 e. The predicted octanol–water partition coefficient (Wildman–Crippen LogP) is 3.08. The third-order valence-electron chi connectivity index (χ3n) is 6.10. The van der Waals surface area contributed by atoms with E-state index in [1.807, 2.05) is 13.8 Å². The highest BCUT2D eigenvalue weighted by molar-refractivity contribution is 7.89. The number of urea groups is 1. The Morgan fingerprint density at radius 3 is 2.32 bits per heavy atom. The van der Waals surface area contributed by atoms with Crippen LogP contribution in [-0.2, 0) is 10.0 Å². The summed E-state index contributed by atoms with van der Waals surface area (Å²) in [6, 6.07) is 4.83. The van der Waals surface area contributed by atoms with Gasteiger partial charge < -0.3 is 19.7 Å². The highest BCUT2D eigenvalue weighted by atomic mass is 32.2. The summed E-state index contributed by atoms with van der Waals surface area (Å²) >= 11 is 0. The summed E-state index contributed by atoms with van der Waals surface area (Å²) in [6.07, 6.45) is 4.53. The highest BCUT2D eigenvalue weighted by Gasteiger charge is 2.32. The first-order chi connectivity index (χ1) is 14.9. The standard InChI is InChI=1S/C22H35N3O5S/c1-4-29-20-11-10-18(16-21(20)30-5-2)31(27,28)25-14-12-24(13-15-25)22(26)23-19-9-7-6-8-17(19)3/h10-11,16-17,19H,4-9,12-15H2,1-3H3,(H,23,26). The van der Waals surface area contributed by atoms with E-state index in [-0.39, 0.29) is 30.1 Å². The second-order valence-corrected chi connectivity index (χ2v) is 10.1. The average molecular weight is 454 g/mol. The molecule has 0 radical (unpaired) electrons. The van der Waals surface area contributed by atoms with E-state index in [0.29, 0.717) is 43.7 Å². The maximum Gasteiger partial charge on any atom is 0.317 e. The molecule has 2 amide bonds. The number of rotatable bonds is 7. The van der Waals surface area contributed by atoms with Gasteiger partial charge >= 0.3 is 6.03 Å². The van der Waals surface area contributed by atoms with Crippen molar-refractivity contribution < 1.29 is 22.7 Å². The van der Waals surface area contributed by atoms with Crippen LogP contribution in [0.3, 0.4) is 0 Å². The van der Waals surface area contributed by atoms with Crippen LogP contribution in [0, 0.1) is 5.92 Å². The molecule has 1 aromatic carbocycles. The number of hydrogen-bond donors (Lipinski definition) is 1. The topological polar surface area (TPSA) is 88.2 Å². The molecule has 1 N–H and O–H groups in total. The summed E-state index contributed by atoms with van der Waals surface area (Å²) in [5.41, 5.74) is 0. The Morgan fingerprint density at radius 2 is 1.68 bits per heavy atom. The zero-order chi connectivity index (χ0) is 22.4. The van der Waals surface area contributed by atoms with Gasteiger partial charge in [-0.2, -0.15) is 4.31 Å². The first-order valence-electron chi connectivity index (χ1n) is 11.3. The van der Waals surface area contributed by atoms with Gasteiger partial charge in [-0.05, 0) is 44.7 Å². The number of nitrogens with one attached hydrogen (secondary N) is 1. The summed E-state index contributed by atoms with van der Waals surface area (Å²) in [5, 5.41) is 3.15. The van der Waals surface area contributed by atoms with Gasteiger partial charge in [0.1, 0.15) is 0 Å². The van der Waals surface area contributed by atoms with Gasteiger partial charge in [0, 0.05) is 38.3 Å². The van der Waals surface area contributed by atoms with E-state index in [4.69, 9.17) is 9.47 Å². The highest BCUT2D eigenvalue weighted by Crippen LogP contribution is 2.31. The normalized spacial score (nSPS) is 22.7. The van der Waals surface area contributed by atoms with Crippen LogP contribution < -0.4 is 14.8 Å². The molecule has 9 heteroatoms. The van der Waals surface area contributed by atoms with Crippen LogP contribution in [0.15, 0.2) is 23.1 Å². The number of carbonyl (C=O) groups is 1. The molecule has 1 aromatic rings. The zero-order valence-corrected chi connectivity index (χ0v) is 19.6. The smallest absolute Gasteiger partial charge is 0.317 e. The molecule has 1 saturated heterocycles. The minimum absolute atomic E-state index is 0.0875. The van der Waals surface area contributed by atoms with E-state index in [1.165, 1.54) is 16.8 Å². The van der Waals surface area contributed by atoms with Crippen molar-refractivity contribution in [3.8, 4) is 11.5 Å². The molecule has 0 bridgehead atoms. The van der Waals surface area contributed by atoms with Gasteiger partial charge in [-0.1, -0.05) is 19.8 Å². The van der Waals surface area contributed by atoms with Crippen molar-refractivity contribution in [2.45, 2.75) is 57.4 Å². The van der Waals surface area contributed by atoms with Crippen molar-refractivity contribution >= 4 is 16.1 Å². The molecule has 0 aromatic heterocycles. The number of carbonyl (C=O) groups excluding carboxylic acids is 1. The summed E-state index contributed by atoms with van der Waals surface area (Å²) < 4.78 is 38.9. The maximum atomic E-state index is 13.2. The minimum atomic E-state index is -3.68. The molecule has 2 unspecified atom stereocenters. The average Bonchev–Trinajstić information content (AvgIpc) is 2.77. The zero-order valence-electron chi connectivity index (χ0n) is 18.8. The SMILES string of the molecule is CCOc1ccc(S(=O)(=O)N2CCN(C(=O)NC3CCCCC3C)CC2)cc1OCC. The van der Waals surface area contributed by atoms with E-state index in [0.717, 1.165) is 19.3 Å². The number of amides is 2. The summed E-state index contributed by atoms with van der Waals surface area (Å²) in [4.78, 5) is 14.6. The lowest BCUT2D eigenvalue weighted by molar-refractivity contribution is 0.161. The molecule has 3 rings (SSSR count). The quantitative estimate of drug-likeness (QED) is 0.685. The van der Waals surface area contributed by atoms with Gasteiger partial charge in [-0.25, -0.2) is 13.2 Å². The van der Waals surface area contributed by atoms with Crippen molar-refractivity contribution in [2.24, 2.45) is 5.92 Å². The molecule has 1 saturated carbocycles. The van der Waals surface area contributed by atoms with Crippen LogP contribution in [0.25, 0.3) is 0 Å². The number of ether oxygens (including phenoxy) is 2. The number of nitrogens with zero attached hydrogens (tertiary/aromatic N) is 2. The molecule has 2 fully saturated rings. The summed E-state index contributed by atoms with van der Waals surface area (Å²) in [5.74, 6) is 1.44. The lowest BCUT2D eigenvalue weighted by atomic mass is 9.86. The first-order valence-corrected chi connectivity index (χ1v) is 12.8. The maximum absolute atomic E-state index is 13.2. The van der Waals surface area contributed by atoms with Crippen LogP contribution in [0.5, 0.6) is 11.5 Å². The van der Waals surface area contributed by atoms with Gasteiger partial charge in [-0.15, -0.1) is 0 Å². The Morgan fingerprint density at radius 1 is 1.03 bits per heavy atom. The third-order valence-corrected chi connectivity index (χ3v) is 7.99. The van der Waals surface area contributed by atoms with Crippen molar-refractivity contribution in [3.05, 3.63) is 18.2 Å². The second-order valence-electron chi connectivity index (χ2n) is 8.18. The molecule has 174 valence electrons. The summed E-state index contributed by atoms with van der Waals surface area (Å²) in [6.45, 7) is 8.07. The monoisotopic (exact) mass is 453 g/mol. The lowest BCUT2D eigenvalue weighted by Gasteiger charge is -2.36. The molecule has 0 spiro atoms. The second kappa shape index (κ2) is 10.5. The van der Waals surface area contributed by atoms with Gasteiger partial charge in [-0.3, -0.25) is 0 Å². The van der Waals surface area contributed by atoms with Crippen molar-refractivity contribution in [3.63, 3.8) is 0 Å². The number of hydrogen-bond acceptors (Lipinski definition) is 5. The van der Waals surface area contributed by atoms with Crippen LogP contribution in [0.2, 0.25) is 0 Å². The van der Waals surface area contributed by atoms with Crippen LogP contribution in [0.1, 0.15) is 46.5 Å². The van der Waals surface area contributed by atoms with Gasteiger partial charge in [0.25, 0.3) is 0 Å². The van der Waals surface area contributed by atoms with E-state index in [9.17, 15) is 13.2 Å². The lowest BCUT2D eigenvalue weighted by Crippen LogP contribution is -2.55. The van der Waals surface area contributed by atoms with Gasteiger partial charge in [0.05, 0.1) is 18.1 Å². The van der Waals surface area contributed by atoms with Crippen LogP contribution >= 0.6 is 0 Å². The molecule has 8 nitrogen and oxygen atoms in total. The number of piperazine rings is 1. The third kappa shape index (κ3) is 5.63. The molecule has 1 aliphatic heterocycles. The first kappa shape index (κ1) is 23.7. The van der Waals surface area contributed by atoms with E-state index >= 15 is 0 Å². The summed E-state index contributed by atoms with van der Waals surface area (Å²) in [7, 11) is -3.68. The van der Waals surface area contributed by atoms with Crippen molar-refractivity contribution in [1.29, 1.82) is 0 Å². The van der Waals surface area contributed by atoms with Gasteiger partial charge in [0.2, 0.25) is 10.0 Å². The van der Waals surface area contributed by atoms with E-state index in [2.05, 4.69) is 12.2 Å². The molecule has 2 atom stereocenters. The van der Waals surface area contributed by atoms with E-state index < -0.39 is 10.0 Å². The molecule has 2 aliphatic rings. The van der Waals surface area contributed by atoms with Crippen molar-refractivity contribution in [1.82, 2.24) is 14.5 Å². The Bertz CT molecular complexity index is 853. The fourth-order valence-corrected chi connectivity index (χ4v) is 5.69. The Labute approximate surface area is 185 Å². The Kier molecular flexibility index (Phi) is 8.05. The van der Waals surface area contributed by atoms with Gasteiger partial charge in [0.15, 0.2) is 11.5 Å².